The predicted octanol–water partition coefficient (Wildman–Crippen LogP) is 4.09. The number of carbonyl (C=O) groups is 1. The number of aromatic nitrogens is 2. The Morgan fingerprint density at radius 1 is 1.00 bits per heavy atom. The van der Waals surface area contributed by atoms with Crippen LogP contribution in [0.15, 0.2) is 65.5 Å². The summed E-state index contributed by atoms with van der Waals surface area (Å²) in [7, 11) is 0. The Bertz CT molecular complexity index is 1080. The molecule has 3 aromatic rings. The molecule has 31 heavy (non-hydrogen) atoms. The molecule has 0 atom stereocenters. The van der Waals surface area contributed by atoms with Gasteiger partial charge in [0.05, 0.1) is 24.4 Å². The normalized spacial score (nSPS) is 13.4. The van der Waals surface area contributed by atoms with E-state index in [2.05, 4.69) is 0 Å². The van der Waals surface area contributed by atoms with Gasteiger partial charge in [0.1, 0.15) is 5.82 Å². The lowest BCUT2D eigenvalue weighted by atomic mass is 9.97. The van der Waals surface area contributed by atoms with Crippen LogP contribution in [0.2, 0.25) is 0 Å². The van der Waals surface area contributed by atoms with Gasteiger partial charge in [-0.1, -0.05) is 60.7 Å². The van der Waals surface area contributed by atoms with E-state index in [4.69, 9.17) is 9.72 Å². The van der Waals surface area contributed by atoms with Crippen molar-refractivity contribution in [3.05, 3.63) is 99.2 Å². The van der Waals surface area contributed by atoms with E-state index >= 15 is 0 Å². The smallest absolute Gasteiger partial charge is 0.410 e. The fourth-order valence-corrected chi connectivity index (χ4v) is 4.12. The van der Waals surface area contributed by atoms with Crippen LogP contribution in [0, 0.1) is 6.92 Å². The van der Waals surface area contributed by atoms with Gasteiger partial charge in [-0.3, -0.25) is 9.36 Å². The minimum atomic E-state index is -0.365. The van der Waals surface area contributed by atoms with Crippen LogP contribution in [-0.2, 0) is 17.7 Å². The summed E-state index contributed by atoms with van der Waals surface area (Å²) in [5.41, 5.74) is 3.34. The summed E-state index contributed by atoms with van der Waals surface area (Å²) in [5, 5.41) is 0. The number of benzene rings is 2. The summed E-state index contributed by atoms with van der Waals surface area (Å²) in [6, 6.07) is 19.7. The maximum absolute atomic E-state index is 13.7. The van der Waals surface area contributed by atoms with Crippen LogP contribution in [-0.4, -0.2) is 33.2 Å². The van der Waals surface area contributed by atoms with Gasteiger partial charge in [-0.15, -0.1) is 0 Å². The van der Waals surface area contributed by atoms with Crippen molar-refractivity contribution in [3.8, 4) is 0 Å². The summed E-state index contributed by atoms with van der Waals surface area (Å²) < 4.78 is 7.10. The summed E-state index contributed by atoms with van der Waals surface area (Å²) >= 11 is 0. The third-order valence-electron chi connectivity index (χ3n) is 5.53. The molecule has 0 N–H and O–H groups in total. The first-order chi connectivity index (χ1) is 15.0. The second-order valence-corrected chi connectivity index (χ2v) is 8.09. The Labute approximate surface area is 182 Å². The lowest BCUT2D eigenvalue weighted by Gasteiger charge is -2.30. The fraction of sp³-hybridized carbons (Fsp3) is 0.320. The number of hydrogen-bond acceptors (Lipinski definition) is 4. The molecule has 0 bridgehead atoms. The number of ether oxygens (including phenoxy) is 1. The number of nitrogens with zero attached hydrogens (tertiary/aromatic N) is 3. The molecule has 0 radical (unpaired) electrons. The number of carbonyl (C=O) groups excluding carboxylic acids is 1. The number of fused-ring (bicyclic) bond motifs is 1. The van der Waals surface area contributed by atoms with Gasteiger partial charge in [0.15, 0.2) is 0 Å². The van der Waals surface area contributed by atoms with E-state index in [-0.39, 0.29) is 23.8 Å². The van der Waals surface area contributed by atoms with Gasteiger partial charge in [-0.25, -0.2) is 9.78 Å². The quantitative estimate of drug-likeness (QED) is 0.641. The Morgan fingerprint density at radius 3 is 2.13 bits per heavy atom. The van der Waals surface area contributed by atoms with Crippen molar-refractivity contribution in [2.45, 2.75) is 45.9 Å². The molecule has 6 nitrogen and oxygen atoms in total. The fourth-order valence-electron chi connectivity index (χ4n) is 4.12. The Balaban J connectivity index is 1.78. The molecule has 0 fully saturated rings. The van der Waals surface area contributed by atoms with Gasteiger partial charge in [0, 0.05) is 12.1 Å². The zero-order valence-corrected chi connectivity index (χ0v) is 18.1. The highest BCUT2D eigenvalue weighted by Gasteiger charge is 2.29. The second-order valence-electron chi connectivity index (χ2n) is 8.09. The van der Waals surface area contributed by atoms with Gasteiger partial charge in [-0.05, 0) is 38.3 Å². The molecule has 2 aromatic carbocycles. The van der Waals surface area contributed by atoms with Crippen molar-refractivity contribution in [1.29, 1.82) is 0 Å². The number of amides is 1. The van der Waals surface area contributed by atoms with E-state index in [9.17, 15) is 9.59 Å². The third kappa shape index (κ3) is 4.24. The molecule has 0 aliphatic carbocycles. The molecule has 0 saturated heterocycles. The monoisotopic (exact) mass is 417 g/mol. The maximum Gasteiger partial charge on any atom is 0.410 e. The first kappa shape index (κ1) is 20.8. The Hall–Kier alpha value is -3.41. The lowest BCUT2D eigenvalue weighted by Crippen LogP contribution is -2.42. The summed E-state index contributed by atoms with van der Waals surface area (Å²) in [5.74, 6) is 0.625. The molecule has 0 spiro atoms. The van der Waals surface area contributed by atoms with Gasteiger partial charge >= 0.3 is 6.09 Å². The van der Waals surface area contributed by atoms with Crippen LogP contribution in [0.5, 0.6) is 0 Å². The first-order valence-electron chi connectivity index (χ1n) is 10.6. The highest BCUT2D eigenvalue weighted by atomic mass is 16.6. The van der Waals surface area contributed by atoms with Crippen molar-refractivity contribution in [2.24, 2.45) is 0 Å². The van der Waals surface area contributed by atoms with Crippen LogP contribution in [0.1, 0.15) is 48.1 Å². The van der Waals surface area contributed by atoms with Crippen molar-refractivity contribution in [3.63, 3.8) is 0 Å². The van der Waals surface area contributed by atoms with Gasteiger partial charge < -0.3 is 9.64 Å². The maximum atomic E-state index is 13.7. The number of hydrogen-bond donors (Lipinski definition) is 0. The topological polar surface area (TPSA) is 64.4 Å². The van der Waals surface area contributed by atoms with Crippen molar-refractivity contribution in [2.75, 3.05) is 6.54 Å². The third-order valence-corrected chi connectivity index (χ3v) is 5.53. The standard InChI is InChI=1S/C25H27N3O3/c1-17(2)31-25(30)27-15-14-21-22(16-27)26-18(3)28(24(21)29)23(19-10-6-4-7-11-19)20-12-8-5-9-13-20/h4-13,17,23H,14-16H2,1-3H3. The van der Waals surface area contributed by atoms with E-state index in [0.29, 0.717) is 36.6 Å². The zero-order chi connectivity index (χ0) is 22.0. The van der Waals surface area contributed by atoms with Crippen LogP contribution in [0.4, 0.5) is 4.79 Å². The van der Waals surface area contributed by atoms with Gasteiger partial charge in [0.25, 0.3) is 5.56 Å². The SMILES string of the molecule is Cc1nc2c(c(=O)n1C(c1ccccc1)c1ccccc1)CCN(C(=O)OC(C)C)C2. The summed E-state index contributed by atoms with van der Waals surface area (Å²) in [6.07, 6.45) is -0.0879. The predicted molar refractivity (Wildman–Crippen MR) is 119 cm³/mol. The minimum absolute atomic E-state index is 0.0444. The molecule has 1 aliphatic rings. The molecule has 1 amide bonds. The van der Waals surface area contributed by atoms with Crippen LogP contribution < -0.4 is 5.56 Å². The van der Waals surface area contributed by atoms with E-state index in [0.717, 1.165) is 11.1 Å². The van der Waals surface area contributed by atoms with Crippen LogP contribution in [0.3, 0.4) is 0 Å². The molecule has 6 heteroatoms. The van der Waals surface area contributed by atoms with Crippen molar-refractivity contribution in [1.82, 2.24) is 14.5 Å². The minimum Gasteiger partial charge on any atom is -0.447 e. The van der Waals surface area contributed by atoms with Crippen LogP contribution in [0.25, 0.3) is 0 Å². The highest BCUT2D eigenvalue weighted by molar-refractivity contribution is 5.68. The van der Waals surface area contributed by atoms with Crippen molar-refractivity contribution >= 4 is 6.09 Å². The van der Waals surface area contributed by atoms with E-state index in [1.54, 1.807) is 9.47 Å². The van der Waals surface area contributed by atoms with E-state index in [1.165, 1.54) is 0 Å². The molecule has 2 heterocycles. The van der Waals surface area contributed by atoms with Gasteiger partial charge in [0.2, 0.25) is 0 Å². The van der Waals surface area contributed by atoms with Crippen LogP contribution >= 0.6 is 0 Å². The molecular weight excluding hydrogens is 390 g/mol. The summed E-state index contributed by atoms with van der Waals surface area (Å²) in [4.78, 5) is 32.4. The Morgan fingerprint density at radius 2 is 1.58 bits per heavy atom. The van der Waals surface area contributed by atoms with Gasteiger partial charge in [-0.2, -0.15) is 0 Å². The molecule has 0 saturated carbocycles. The highest BCUT2D eigenvalue weighted by Crippen LogP contribution is 2.27. The van der Waals surface area contributed by atoms with E-state index < -0.39 is 0 Å². The number of aryl methyl sites for hydroxylation is 1. The molecule has 1 aliphatic heterocycles. The average Bonchev–Trinajstić information content (AvgIpc) is 2.77. The second kappa shape index (κ2) is 8.76. The number of rotatable bonds is 4. The largest absolute Gasteiger partial charge is 0.447 e. The van der Waals surface area contributed by atoms with E-state index in [1.807, 2.05) is 81.4 Å². The molecular formula is C25H27N3O3. The first-order valence-corrected chi connectivity index (χ1v) is 10.6. The molecule has 1 aromatic heterocycles. The molecule has 0 unspecified atom stereocenters. The Kier molecular flexibility index (Phi) is 5.89. The average molecular weight is 418 g/mol. The summed E-state index contributed by atoms with van der Waals surface area (Å²) in [6.45, 7) is 6.24. The zero-order valence-electron chi connectivity index (χ0n) is 18.1. The lowest BCUT2D eigenvalue weighted by molar-refractivity contribution is 0.0723. The molecule has 160 valence electrons. The molecule has 4 rings (SSSR count). The van der Waals surface area contributed by atoms with Crippen molar-refractivity contribution < 1.29 is 9.53 Å².